The first-order valence-electron chi connectivity index (χ1n) is 4.83. The molecule has 0 bridgehead atoms. The van der Waals surface area contributed by atoms with Gasteiger partial charge in [0.15, 0.2) is 0 Å². The van der Waals surface area contributed by atoms with Gasteiger partial charge in [-0.25, -0.2) is 9.78 Å². The van der Waals surface area contributed by atoms with E-state index < -0.39 is 17.5 Å². The number of aromatic nitrogens is 1. The van der Waals surface area contributed by atoms with Crippen LogP contribution in [0, 0.1) is 5.95 Å². The van der Waals surface area contributed by atoms with Gasteiger partial charge in [-0.3, -0.25) is 0 Å². The van der Waals surface area contributed by atoms with E-state index >= 15 is 0 Å². The average molecular weight is 286 g/mol. The maximum atomic E-state index is 13.2. The van der Waals surface area contributed by atoms with Crippen LogP contribution in [0.1, 0.15) is 10.4 Å². The standard InChI is InChI=1S/C12H6Cl2FNO2/c13-7-1-2-8(10(14)4-7)6-3-9(12(17)18)11(15)16-5-6/h1-5H,(H,17,18). The number of carboxylic acids is 1. The van der Waals surface area contributed by atoms with Gasteiger partial charge in [0, 0.05) is 27.4 Å². The lowest BCUT2D eigenvalue weighted by Gasteiger charge is -2.06. The normalized spacial score (nSPS) is 10.4. The van der Waals surface area contributed by atoms with Crippen LogP contribution in [0.5, 0.6) is 0 Å². The molecule has 1 N–H and O–H groups in total. The van der Waals surface area contributed by atoms with Crippen molar-refractivity contribution in [2.75, 3.05) is 0 Å². The molecule has 1 heterocycles. The van der Waals surface area contributed by atoms with Gasteiger partial charge in [0.1, 0.15) is 5.56 Å². The van der Waals surface area contributed by atoms with Gasteiger partial charge in [-0.15, -0.1) is 0 Å². The van der Waals surface area contributed by atoms with Crippen molar-refractivity contribution in [1.29, 1.82) is 0 Å². The second-order valence-electron chi connectivity index (χ2n) is 3.49. The van der Waals surface area contributed by atoms with E-state index in [4.69, 9.17) is 28.3 Å². The number of rotatable bonds is 2. The Labute approximate surface area is 112 Å². The van der Waals surface area contributed by atoms with Crippen molar-refractivity contribution in [1.82, 2.24) is 4.98 Å². The smallest absolute Gasteiger partial charge is 0.340 e. The SMILES string of the molecule is O=C(O)c1cc(-c2ccc(Cl)cc2Cl)cnc1F. The Hall–Kier alpha value is -1.65. The molecule has 0 radical (unpaired) electrons. The van der Waals surface area contributed by atoms with E-state index in [1.807, 2.05) is 0 Å². The van der Waals surface area contributed by atoms with Crippen molar-refractivity contribution in [3.8, 4) is 11.1 Å². The summed E-state index contributed by atoms with van der Waals surface area (Å²) in [5.74, 6) is -2.41. The molecule has 0 aliphatic carbocycles. The summed E-state index contributed by atoms with van der Waals surface area (Å²) in [6, 6.07) is 5.92. The molecule has 1 aromatic carbocycles. The van der Waals surface area contributed by atoms with E-state index in [9.17, 15) is 9.18 Å². The highest BCUT2D eigenvalue weighted by Gasteiger charge is 2.14. The molecule has 0 saturated heterocycles. The lowest BCUT2D eigenvalue weighted by atomic mass is 10.1. The van der Waals surface area contributed by atoms with E-state index in [0.717, 1.165) is 0 Å². The molecular weight excluding hydrogens is 280 g/mol. The number of nitrogens with zero attached hydrogens (tertiary/aromatic N) is 1. The number of pyridine rings is 1. The van der Waals surface area contributed by atoms with Crippen molar-refractivity contribution in [3.63, 3.8) is 0 Å². The fourth-order valence-electron chi connectivity index (χ4n) is 1.47. The second-order valence-corrected chi connectivity index (χ2v) is 4.34. The van der Waals surface area contributed by atoms with Crippen molar-refractivity contribution < 1.29 is 14.3 Å². The summed E-state index contributed by atoms with van der Waals surface area (Å²) in [5, 5.41) is 9.61. The van der Waals surface area contributed by atoms with Crippen LogP contribution in [0.3, 0.4) is 0 Å². The Morgan fingerprint density at radius 2 is 2.00 bits per heavy atom. The molecule has 0 unspecified atom stereocenters. The summed E-state index contributed by atoms with van der Waals surface area (Å²) >= 11 is 11.7. The maximum Gasteiger partial charge on any atom is 0.340 e. The molecule has 2 rings (SSSR count). The Morgan fingerprint density at radius 3 is 2.61 bits per heavy atom. The third kappa shape index (κ3) is 2.44. The fraction of sp³-hybridized carbons (Fsp3) is 0. The first kappa shape index (κ1) is 12.8. The predicted molar refractivity (Wildman–Crippen MR) is 66.6 cm³/mol. The summed E-state index contributed by atoms with van der Waals surface area (Å²) < 4.78 is 13.2. The van der Waals surface area contributed by atoms with E-state index in [1.54, 1.807) is 12.1 Å². The number of benzene rings is 1. The van der Waals surface area contributed by atoms with Gasteiger partial charge >= 0.3 is 5.97 Å². The van der Waals surface area contributed by atoms with Crippen molar-refractivity contribution in [2.24, 2.45) is 0 Å². The molecule has 3 nitrogen and oxygen atoms in total. The summed E-state index contributed by atoms with van der Waals surface area (Å²) in [7, 11) is 0. The number of hydrogen-bond donors (Lipinski definition) is 1. The molecule has 0 spiro atoms. The van der Waals surface area contributed by atoms with Gasteiger partial charge in [-0.2, -0.15) is 4.39 Å². The zero-order valence-corrected chi connectivity index (χ0v) is 10.3. The molecule has 0 aliphatic rings. The highest BCUT2D eigenvalue weighted by molar-refractivity contribution is 6.36. The molecule has 0 saturated carbocycles. The first-order chi connectivity index (χ1) is 8.49. The lowest BCUT2D eigenvalue weighted by molar-refractivity contribution is 0.0691. The molecule has 0 atom stereocenters. The minimum atomic E-state index is -1.38. The van der Waals surface area contributed by atoms with Crippen LogP contribution < -0.4 is 0 Å². The number of carbonyl (C=O) groups is 1. The van der Waals surface area contributed by atoms with Gasteiger partial charge in [0.2, 0.25) is 5.95 Å². The molecule has 18 heavy (non-hydrogen) atoms. The molecule has 2 aromatic rings. The molecule has 92 valence electrons. The summed E-state index contributed by atoms with van der Waals surface area (Å²) in [4.78, 5) is 14.2. The van der Waals surface area contributed by atoms with Crippen LogP contribution in [0.25, 0.3) is 11.1 Å². The number of hydrogen-bond acceptors (Lipinski definition) is 2. The molecule has 0 aliphatic heterocycles. The van der Waals surface area contributed by atoms with Gasteiger partial charge in [0.05, 0.1) is 0 Å². The molecule has 6 heteroatoms. The number of aromatic carboxylic acids is 1. The summed E-state index contributed by atoms with van der Waals surface area (Å²) in [6.07, 6.45) is 1.22. The third-order valence-electron chi connectivity index (χ3n) is 2.31. The number of halogens is 3. The van der Waals surface area contributed by atoms with E-state index in [2.05, 4.69) is 4.98 Å². The van der Waals surface area contributed by atoms with Crippen LogP contribution >= 0.6 is 23.2 Å². The van der Waals surface area contributed by atoms with Crippen LogP contribution in [-0.4, -0.2) is 16.1 Å². The fourth-order valence-corrected chi connectivity index (χ4v) is 1.99. The Balaban J connectivity index is 2.58. The van der Waals surface area contributed by atoms with E-state index in [1.165, 1.54) is 18.3 Å². The highest BCUT2D eigenvalue weighted by Crippen LogP contribution is 2.30. The summed E-state index contributed by atoms with van der Waals surface area (Å²) in [5.41, 5.74) is 0.449. The zero-order chi connectivity index (χ0) is 13.3. The molecule has 0 amide bonds. The van der Waals surface area contributed by atoms with Gasteiger partial charge in [0.25, 0.3) is 0 Å². The van der Waals surface area contributed by atoms with Gasteiger partial charge < -0.3 is 5.11 Å². The largest absolute Gasteiger partial charge is 0.478 e. The third-order valence-corrected chi connectivity index (χ3v) is 2.86. The zero-order valence-electron chi connectivity index (χ0n) is 8.82. The highest BCUT2D eigenvalue weighted by atomic mass is 35.5. The van der Waals surface area contributed by atoms with Crippen molar-refractivity contribution in [2.45, 2.75) is 0 Å². The molecule has 0 fully saturated rings. The van der Waals surface area contributed by atoms with Gasteiger partial charge in [-0.05, 0) is 18.2 Å². The lowest BCUT2D eigenvalue weighted by Crippen LogP contribution is -2.02. The van der Waals surface area contributed by atoms with Crippen LogP contribution in [-0.2, 0) is 0 Å². The monoisotopic (exact) mass is 285 g/mol. The van der Waals surface area contributed by atoms with Crippen LogP contribution in [0.15, 0.2) is 30.5 Å². The number of carboxylic acid groups (broad SMARTS) is 1. The van der Waals surface area contributed by atoms with Crippen molar-refractivity contribution >= 4 is 29.2 Å². The van der Waals surface area contributed by atoms with Crippen LogP contribution in [0.2, 0.25) is 10.0 Å². The Kier molecular flexibility index (Phi) is 3.50. The van der Waals surface area contributed by atoms with E-state index in [-0.39, 0.29) is 0 Å². The topological polar surface area (TPSA) is 50.2 Å². The predicted octanol–water partition coefficient (Wildman–Crippen LogP) is 3.89. The first-order valence-corrected chi connectivity index (χ1v) is 5.59. The minimum Gasteiger partial charge on any atom is -0.478 e. The quantitative estimate of drug-likeness (QED) is 0.852. The molecular formula is C12H6Cl2FNO2. The Bertz CT molecular complexity index is 631. The summed E-state index contributed by atoms with van der Waals surface area (Å²) in [6.45, 7) is 0. The minimum absolute atomic E-state index is 0.340. The molecule has 1 aromatic heterocycles. The maximum absolute atomic E-state index is 13.2. The second kappa shape index (κ2) is 4.92. The Morgan fingerprint density at radius 1 is 1.28 bits per heavy atom. The average Bonchev–Trinajstić information content (AvgIpc) is 2.30. The van der Waals surface area contributed by atoms with E-state index in [0.29, 0.717) is 21.2 Å². The van der Waals surface area contributed by atoms with Gasteiger partial charge in [-0.1, -0.05) is 29.3 Å². The van der Waals surface area contributed by atoms with Crippen molar-refractivity contribution in [3.05, 3.63) is 52.0 Å². The van der Waals surface area contributed by atoms with Crippen LogP contribution in [0.4, 0.5) is 4.39 Å².